The van der Waals surface area contributed by atoms with Gasteiger partial charge in [-0.25, -0.2) is 4.79 Å². The minimum atomic E-state index is -0.356. The van der Waals surface area contributed by atoms with Crippen LogP contribution in [0.1, 0.15) is 47.0 Å². The maximum atomic E-state index is 11.5. The van der Waals surface area contributed by atoms with Crippen LogP contribution in [0.3, 0.4) is 0 Å². The highest BCUT2D eigenvalue weighted by Crippen LogP contribution is 2.32. The van der Waals surface area contributed by atoms with Gasteiger partial charge >= 0.3 is 5.97 Å². The molecule has 0 aromatic rings. The van der Waals surface area contributed by atoms with Crippen molar-refractivity contribution in [2.45, 2.75) is 65.3 Å². The van der Waals surface area contributed by atoms with E-state index in [1.807, 2.05) is 13.8 Å². The van der Waals surface area contributed by atoms with E-state index in [1.54, 1.807) is 0 Å². The van der Waals surface area contributed by atoms with Crippen molar-refractivity contribution in [2.24, 2.45) is 0 Å². The first-order chi connectivity index (χ1) is 7.60. The molecule has 1 rings (SSSR count). The number of allylic oxidation sites excluding steroid dienone is 1. The van der Waals surface area contributed by atoms with Crippen LogP contribution < -0.4 is 0 Å². The summed E-state index contributed by atoms with van der Waals surface area (Å²) in [7, 11) is 0. The van der Waals surface area contributed by atoms with E-state index in [2.05, 4.69) is 19.9 Å². The third-order valence-corrected chi connectivity index (χ3v) is 2.54. The Kier molecular flexibility index (Phi) is 5.00. The largest absolute Gasteiger partial charge is 0.461 e. The molecule has 0 spiro atoms. The Bertz CT molecular complexity index is 268. The van der Waals surface area contributed by atoms with Crippen molar-refractivity contribution >= 4 is 5.97 Å². The van der Waals surface area contributed by atoms with Gasteiger partial charge in [0.25, 0.3) is 0 Å². The summed E-state index contributed by atoms with van der Waals surface area (Å²) in [6.45, 7) is 7.93. The summed E-state index contributed by atoms with van der Waals surface area (Å²) < 4.78 is 10.5. The van der Waals surface area contributed by atoms with E-state index in [1.165, 1.54) is 5.57 Å². The summed E-state index contributed by atoms with van der Waals surface area (Å²) in [5.74, 6) is -0.226. The van der Waals surface area contributed by atoms with E-state index >= 15 is 0 Å². The number of epoxide rings is 1. The third-order valence-electron chi connectivity index (χ3n) is 2.54. The molecule has 0 bridgehead atoms. The number of ether oxygens (including phenoxy) is 2. The molecular weight excluding hydrogens is 204 g/mol. The SMILES string of the molecule is CCC/C=C(\CC)C1OC1C(=O)OC(C)C. The summed E-state index contributed by atoms with van der Waals surface area (Å²) in [6, 6.07) is 0. The number of carbonyl (C=O) groups excluding carboxylic acids is 1. The van der Waals surface area contributed by atoms with Crippen molar-refractivity contribution in [1.82, 2.24) is 0 Å². The molecular formula is C13H22O3. The molecule has 1 heterocycles. The Morgan fingerprint density at radius 3 is 2.56 bits per heavy atom. The normalized spacial score (nSPS) is 24.7. The Hall–Kier alpha value is -0.830. The highest BCUT2D eigenvalue weighted by atomic mass is 16.6. The van der Waals surface area contributed by atoms with Crippen LogP contribution in [-0.2, 0) is 14.3 Å². The first kappa shape index (κ1) is 13.2. The molecule has 0 aromatic heterocycles. The zero-order chi connectivity index (χ0) is 12.1. The number of rotatable bonds is 6. The van der Waals surface area contributed by atoms with Crippen molar-refractivity contribution in [2.75, 3.05) is 0 Å². The first-order valence-corrected chi connectivity index (χ1v) is 6.15. The molecule has 3 nitrogen and oxygen atoms in total. The van der Waals surface area contributed by atoms with Gasteiger partial charge in [0.05, 0.1) is 6.10 Å². The zero-order valence-corrected chi connectivity index (χ0v) is 10.7. The Morgan fingerprint density at radius 2 is 2.06 bits per heavy atom. The fourth-order valence-electron chi connectivity index (χ4n) is 1.66. The number of esters is 1. The lowest BCUT2D eigenvalue weighted by atomic mass is 10.1. The Balaban J connectivity index is 2.44. The lowest BCUT2D eigenvalue weighted by molar-refractivity contribution is -0.148. The maximum Gasteiger partial charge on any atom is 0.338 e. The highest BCUT2D eigenvalue weighted by Gasteiger charge is 2.48. The van der Waals surface area contributed by atoms with Gasteiger partial charge in [-0.15, -0.1) is 0 Å². The number of carbonyl (C=O) groups is 1. The molecule has 0 aromatic carbocycles. The van der Waals surface area contributed by atoms with Crippen LogP contribution in [0.25, 0.3) is 0 Å². The number of hydrogen-bond donors (Lipinski definition) is 0. The Morgan fingerprint density at radius 1 is 1.38 bits per heavy atom. The molecule has 0 aliphatic carbocycles. The van der Waals surface area contributed by atoms with Gasteiger partial charge in [-0.2, -0.15) is 0 Å². The van der Waals surface area contributed by atoms with E-state index in [-0.39, 0.29) is 24.3 Å². The van der Waals surface area contributed by atoms with Crippen molar-refractivity contribution in [3.8, 4) is 0 Å². The molecule has 1 fully saturated rings. The fraction of sp³-hybridized carbons (Fsp3) is 0.769. The van der Waals surface area contributed by atoms with Gasteiger partial charge in [0.15, 0.2) is 6.10 Å². The molecule has 0 amide bonds. The summed E-state index contributed by atoms with van der Waals surface area (Å²) in [5, 5.41) is 0. The predicted molar refractivity (Wildman–Crippen MR) is 63.2 cm³/mol. The van der Waals surface area contributed by atoms with Gasteiger partial charge in [0.2, 0.25) is 0 Å². The summed E-state index contributed by atoms with van der Waals surface area (Å²) in [4.78, 5) is 11.5. The second-order valence-electron chi connectivity index (χ2n) is 4.38. The number of unbranched alkanes of at least 4 members (excludes halogenated alkanes) is 1. The lowest BCUT2D eigenvalue weighted by Gasteiger charge is -2.05. The van der Waals surface area contributed by atoms with Gasteiger partial charge in [-0.1, -0.05) is 26.3 Å². The average molecular weight is 226 g/mol. The standard InChI is InChI=1S/C13H22O3/c1-5-7-8-10(6-2)11-12(16-11)13(14)15-9(3)4/h8-9,11-12H,5-7H2,1-4H3/b10-8+. The van der Waals surface area contributed by atoms with Crippen LogP contribution in [0.5, 0.6) is 0 Å². The maximum absolute atomic E-state index is 11.5. The summed E-state index contributed by atoms with van der Waals surface area (Å²) in [6.07, 6.45) is 4.85. The monoisotopic (exact) mass is 226 g/mol. The minimum absolute atomic E-state index is 0.0252. The van der Waals surface area contributed by atoms with Gasteiger partial charge < -0.3 is 9.47 Å². The van der Waals surface area contributed by atoms with Crippen LogP contribution in [0.2, 0.25) is 0 Å². The molecule has 0 saturated carbocycles. The van der Waals surface area contributed by atoms with Crippen LogP contribution in [0, 0.1) is 0 Å². The molecule has 16 heavy (non-hydrogen) atoms. The second kappa shape index (κ2) is 6.04. The predicted octanol–water partition coefficient (Wildman–Crippen LogP) is 2.84. The van der Waals surface area contributed by atoms with E-state index in [0.29, 0.717) is 0 Å². The van der Waals surface area contributed by atoms with Crippen LogP contribution >= 0.6 is 0 Å². The topological polar surface area (TPSA) is 38.8 Å². The molecule has 1 saturated heterocycles. The third kappa shape index (κ3) is 3.63. The lowest BCUT2D eigenvalue weighted by Crippen LogP contribution is -2.18. The van der Waals surface area contributed by atoms with Crippen molar-refractivity contribution in [1.29, 1.82) is 0 Å². The molecule has 92 valence electrons. The second-order valence-corrected chi connectivity index (χ2v) is 4.38. The van der Waals surface area contributed by atoms with E-state index in [4.69, 9.17) is 9.47 Å². The van der Waals surface area contributed by atoms with Gasteiger partial charge in [0.1, 0.15) is 6.10 Å². The molecule has 1 aliphatic heterocycles. The van der Waals surface area contributed by atoms with Crippen LogP contribution in [0.4, 0.5) is 0 Å². The summed E-state index contributed by atoms with van der Waals surface area (Å²) >= 11 is 0. The van der Waals surface area contributed by atoms with Gasteiger partial charge in [-0.3, -0.25) is 0 Å². The van der Waals surface area contributed by atoms with Gasteiger partial charge in [-0.05, 0) is 32.3 Å². The molecule has 3 heteroatoms. The molecule has 0 radical (unpaired) electrons. The summed E-state index contributed by atoms with van der Waals surface area (Å²) in [5.41, 5.74) is 1.23. The Labute approximate surface area is 97.8 Å². The van der Waals surface area contributed by atoms with Crippen LogP contribution in [-0.4, -0.2) is 24.3 Å². The molecule has 2 unspecified atom stereocenters. The minimum Gasteiger partial charge on any atom is -0.461 e. The van der Waals surface area contributed by atoms with E-state index in [9.17, 15) is 4.79 Å². The smallest absolute Gasteiger partial charge is 0.338 e. The number of hydrogen-bond acceptors (Lipinski definition) is 3. The zero-order valence-electron chi connectivity index (χ0n) is 10.7. The van der Waals surface area contributed by atoms with Crippen molar-refractivity contribution in [3.63, 3.8) is 0 Å². The highest BCUT2D eigenvalue weighted by molar-refractivity contribution is 5.79. The van der Waals surface area contributed by atoms with Crippen molar-refractivity contribution in [3.05, 3.63) is 11.6 Å². The quantitative estimate of drug-likeness (QED) is 0.397. The van der Waals surface area contributed by atoms with E-state index < -0.39 is 0 Å². The molecule has 0 N–H and O–H groups in total. The molecule has 2 atom stereocenters. The van der Waals surface area contributed by atoms with Crippen molar-refractivity contribution < 1.29 is 14.3 Å². The van der Waals surface area contributed by atoms with Gasteiger partial charge in [0, 0.05) is 0 Å². The van der Waals surface area contributed by atoms with E-state index in [0.717, 1.165) is 19.3 Å². The first-order valence-electron chi connectivity index (χ1n) is 6.15. The van der Waals surface area contributed by atoms with Crippen LogP contribution in [0.15, 0.2) is 11.6 Å². The fourth-order valence-corrected chi connectivity index (χ4v) is 1.66. The molecule has 1 aliphatic rings. The average Bonchev–Trinajstić information content (AvgIpc) is 2.98.